The molecule has 0 aliphatic rings. The molecule has 0 aliphatic carbocycles. The third kappa shape index (κ3) is 20.3. The Labute approximate surface area is 196 Å². The SMILES string of the molecule is C/C=C(\C)CC/C=C(\C)CC/C=C(\C)CC/C=C(\C)CC/C=C(\C)CCC[N+](C)(C)C. The minimum Gasteiger partial charge on any atom is -0.331 e. The molecule has 1 heteroatoms. The van der Waals surface area contributed by atoms with Crippen LogP contribution in [-0.2, 0) is 0 Å². The van der Waals surface area contributed by atoms with Gasteiger partial charge in [0, 0.05) is 6.42 Å². The summed E-state index contributed by atoms with van der Waals surface area (Å²) in [6.45, 7) is 14.8. The highest BCUT2D eigenvalue weighted by molar-refractivity contribution is 5.08. The van der Waals surface area contributed by atoms with E-state index in [1.807, 2.05) is 0 Å². The molecular formula is C30H54N+. The summed E-state index contributed by atoms with van der Waals surface area (Å²) in [7, 11) is 6.82. The third-order valence-electron chi connectivity index (χ3n) is 6.02. The Balaban J connectivity index is 4.07. The zero-order valence-electron chi connectivity index (χ0n) is 22.6. The minimum atomic E-state index is 1.07. The van der Waals surface area contributed by atoms with E-state index in [0.29, 0.717) is 0 Å². The molecule has 178 valence electrons. The van der Waals surface area contributed by atoms with Crippen LogP contribution in [0.1, 0.15) is 106 Å². The van der Waals surface area contributed by atoms with Crippen molar-refractivity contribution >= 4 is 0 Å². The Morgan fingerprint density at radius 2 is 0.839 bits per heavy atom. The molecule has 0 atom stereocenters. The first-order valence-electron chi connectivity index (χ1n) is 12.6. The van der Waals surface area contributed by atoms with Gasteiger partial charge in [-0.1, -0.05) is 58.2 Å². The number of nitrogens with zero attached hydrogens (tertiary/aromatic N) is 1. The Kier molecular flexibility index (Phi) is 16.5. The van der Waals surface area contributed by atoms with Crippen molar-refractivity contribution in [2.75, 3.05) is 27.7 Å². The number of quaternary nitrogens is 1. The summed E-state index contributed by atoms with van der Waals surface area (Å²) in [5, 5.41) is 0. The van der Waals surface area contributed by atoms with Crippen molar-refractivity contribution in [2.24, 2.45) is 0 Å². The van der Waals surface area contributed by atoms with Gasteiger partial charge in [-0.25, -0.2) is 0 Å². The van der Waals surface area contributed by atoms with Crippen molar-refractivity contribution < 1.29 is 4.48 Å². The quantitative estimate of drug-likeness (QED) is 0.170. The maximum absolute atomic E-state index is 2.45. The molecule has 0 amide bonds. The first-order valence-corrected chi connectivity index (χ1v) is 12.6. The van der Waals surface area contributed by atoms with Crippen LogP contribution in [0.5, 0.6) is 0 Å². The zero-order chi connectivity index (χ0) is 23.7. The second-order valence-corrected chi connectivity index (χ2v) is 10.6. The van der Waals surface area contributed by atoms with Gasteiger partial charge in [0.2, 0.25) is 0 Å². The van der Waals surface area contributed by atoms with Gasteiger partial charge in [0.25, 0.3) is 0 Å². The molecule has 0 unspecified atom stereocenters. The number of rotatable bonds is 16. The molecule has 0 saturated heterocycles. The lowest BCUT2D eigenvalue weighted by molar-refractivity contribution is -0.870. The van der Waals surface area contributed by atoms with Gasteiger partial charge in [0.1, 0.15) is 0 Å². The highest BCUT2D eigenvalue weighted by Crippen LogP contribution is 2.15. The van der Waals surface area contributed by atoms with E-state index in [1.54, 1.807) is 11.1 Å². The summed E-state index contributed by atoms with van der Waals surface area (Å²) in [6, 6.07) is 0. The zero-order valence-corrected chi connectivity index (χ0v) is 22.6. The minimum absolute atomic E-state index is 1.07. The number of hydrogen-bond acceptors (Lipinski definition) is 0. The van der Waals surface area contributed by atoms with Gasteiger partial charge in [0.05, 0.1) is 27.7 Å². The predicted octanol–water partition coefficient (Wildman–Crippen LogP) is 9.35. The van der Waals surface area contributed by atoms with Crippen molar-refractivity contribution in [1.29, 1.82) is 0 Å². The average Bonchev–Trinajstić information content (AvgIpc) is 2.66. The lowest BCUT2D eigenvalue weighted by Gasteiger charge is -2.23. The van der Waals surface area contributed by atoms with E-state index in [1.165, 1.54) is 87.5 Å². The van der Waals surface area contributed by atoms with E-state index in [4.69, 9.17) is 0 Å². The van der Waals surface area contributed by atoms with Crippen molar-refractivity contribution in [1.82, 2.24) is 0 Å². The second-order valence-electron chi connectivity index (χ2n) is 10.6. The summed E-state index contributed by atoms with van der Waals surface area (Å²) in [5.74, 6) is 0. The molecule has 31 heavy (non-hydrogen) atoms. The van der Waals surface area contributed by atoms with Crippen LogP contribution in [0.2, 0.25) is 0 Å². The normalized spacial score (nSPS) is 15.1. The standard InChI is InChI=1S/C30H54N/c1-10-26(2)16-11-17-27(3)18-12-19-28(4)20-13-21-29(5)22-14-23-30(6)24-15-25-31(7,8)9/h10,17,19,21,23H,11-16,18,20,22,24-25H2,1-9H3/q+1/b26-10+,27-17+,28-19+,29-21+,30-23+. The summed E-state index contributed by atoms with van der Waals surface area (Å²) in [6.07, 6.45) is 24.0. The van der Waals surface area contributed by atoms with E-state index < -0.39 is 0 Å². The van der Waals surface area contributed by atoms with Crippen LogP contribution in [0.25, 0.3) is 0 Å². The smallest absolute Gasteiger partial charge is 0.0783 e. The number of allylic oxidation sites excluding steroid dienone is 10. The Morgan fingerprint density at radius 1 is 0.516 bits per heavy atom. The molecule has 0 bridgehead atoms. The van der Waals surface area contributed by atoms with Crippen molar-refractivity contribution in [3.8, 4) is 0 Å². The average molecular weight is 429 g/mol. The van der Waals surface area contributed by atoms with Gasteiger partial charge in [-0.3, -0.25) is 0 Å². The molecule has 0 fully saturated rings. The van der Waals surface area contributed by atoms with Gasteiger partial charge >= 0.3 is 0 Å². The third-order valence-corrected chi connectivity index (χ3v) is 6.02. The molecule has 0 heterocycles. The van der Waals surface area contributed by atoms with Crippen LogP contribution in [0, 0.1) is 0 Å². The molecule has 0 aromatic carbocycles. The first-order chi connectivity index (χ1) is 14.5. The Morgan fingerprint density at radius 3 is 1.16 bits per heavy atom. The first kappa shape index (κ1) is 29.7. The van der Waals surface area contributed by atoms with E-state index in [9.17, 15) is 0 Å². The topological polar surface area (TPSA) is 0 Å². The molecule has 0 aromatic heterocycles. The molecule has 1 nitrogen and oxygen atoms in total. The van der Waals surface area contributed by atoms with Gasteiger partial charge < -0.3 is 4.48 Å². The largest absolute Gasteiger partial charge is 0.331 e. The summed E-state index contributed by atoms with van der Waals surface area (Å²) in [4.78, 5) is 0. The van der Waals surface area contributed by atoms with Crippen LogP contribution in [0.3, 0.4) is 0 Å². The highest BCUT2D eigenvalue weighted by Gasteiger charge is 2.05. The molecule has 0 rings (SSSR count). The molecular weight excluding hydrogens is 374 g/mol. The molecule has 0 saturated carbocycles. The highest BCUT2D eigenvalue weighted by atomic mass is 15.3. The number of hydrogen-bond donors (Lipinski definition) is 0. The van der Waals surface area contributed by atoms with Crippen LogP contribution >= 0.6 is 0 Å². The van der Waals surface area contributed by atoms with E-state index in [2.05, 4.69) is 93.1 Å². The predicted molar refractivity (Wildman–Crippen MR) is 144 cm³/mol. The summed E-state index contributed by atoms with van der Waals surface area (Å²) in [5.41, 5.74) is 7.66. The van der Waals surface area contributed by atoms with Gasteiger partial charge in [-0.2, -0.15) is 0 Å². The van der Waals surface area contributed by atoms with E-state index >= 15 is 0 Å². The molecule has 0 aromatic rings. The lowest BCUT2D eigenvalue weighted by atomic mass is 10.0. The second kappa shape index (κ2) is 17.2. The fourth-order valence-corrected chi connectivity index (χ4v) is 3.57. The van der Waals surface area contributed by atoms with Gasteiger partial charge in [-0.05, 0) is 99.3 Å². The summed E-state index contributed by atoms with van der Waals surface area (Å²) < 4.78 is 1.07. The van der Waals surface area contributed by atoms with E-state index in [-0.39, 0.29) is 0 Å². The molecule has 0 aliphatic heterocycles. The van der Waals surface area contributed by atoms with Gasteiger partial charge in [0.15, 0.2) is 0 Å². The fourth-order valence-electron chi connectivity index (χ4n) is 3.57. The van der Waals surface area contributed by atoms with Crippen molar-refractivity contribution in [3.63, 3.8) is 0 Å². The fraction of sp³-hybridized carbons (Fsp3) is 0.667. The molecule has 0 radical (unpaired) electrons. The Hall–Kier alpha value is -1.34. The summed E-state index contributed by atoms with van der Waals surface area (Å²) >= 11 is 0. The molecule has 0 N–H and O–H groups in total. The van der Waals surface area contributed by atoms with Crippen molar-refractivity contribution in [3.05, 3.63) is 58.2 Å². The van der Waals surface area contributed by atoms with Gasteiger partial charge in [-0.15, -0.1) is 0 Å². The monoisotopic (exact) mass is 428 g/mol. The Bertz CT molecular complexity index is 632. The maximum atomic E-state index is 2.45. The van der Waals surface area contributed by atoms with Crippen LogP contribution < -0.4 is 0 Å². The maximum Gasteiger partial charge on any atom is 0.0783 e. The van der Waals surface area contributed by atoms with Crippen molar-refractivity contribution in [2.45, 2.75) is 106 Å². The van der Waals surface area contributed by atoms with E-state index in [0.717, 1.165) is 4.48 Å². The van der Waals surface area contributed by atoms with Crippen LogP contribution in [0.4, 0.5) is 0 Å². The van der Waals surface area contributed by atoms with Crippen LogP contribution in [-0.4, -0.2) is 32.2 Å². The van der Waals surface area contributed by atoms with Crippen LogP contribution in [0.15, 0.2) is 58.2 Å². The molecule has 0 spiro atoms. The lowest BCUT2D eigenvalue weighted by Crippen LogP contribution is -2.35.